The molecule has 1 aromatic carbocycles. The minimum Gasteiger partial charge on any atom is -0.348 e. The molecule has 1 aliphatic heterocycles. The van der Waals surface area contributed by atoms with Gasteiger partial charge < -0.3 is 9.80 Å². The van der Waals surface area contributed by atoms with E-state index in [9.17, 15) is 9.18 Å². The van der Waals surface area contributed by atoms with E-state index in [2.05, 4.69) is 14.9 Å². The maximum atomic E-state index is 13.1. The fourth-order valence-corrected chi connectivity index (χ4v) is 4.37. The molecule has 3 atom stereocenters. The second-order valence-electron chi connectivity index (χ2n) is 7.78. The molecule has 2 aromatic rings. The Labute approximate surface area is 152 Å². The molecule has 0 bridgehead atoms. The summed E-state index contributed by atoms with van der Waals surface area (Å²) in [5.41, 5.74) is 1.95. The van der Waals surface area contributed by atoms with Gasteiger partial charge in [-0.15, -0.1) is 0 Å². The number of H-pyrrole nitrogens is 1. The van der Waals surface area contributed by atoms with Crippen LogP contribution >= 0.6 is 0 Å². The van der Waals surface area contributed by atoms with Crippen LogP contribution in [0, 0.1) is 17.7 Å². The molecular formula is C20H25FN4O. The fourth-order valence-electron chi connectivity index (χ4n) is 4.37. The highest BCUT2D eigenvalue weighted by atomic mass is 19.1. The number of nitrogens with zero attached hydrogens (tertiary/aromatic N) is 3. The van der Waals surface area contributed by atoms with Crippen LogP contribution in [-0.2, 0) is 6.42 Å². The topological polar surface area (TPSA) is 52.2 Å². The number of likely N-dealkylation sites (tertiary alicyclic amines) is 1. The molecule has 6 heteroatoms. The Bertz CT molecular complexity index is 832. The molecule has 1 saturated heterocycles. The van der Waals surface area contributed by atoms with E-state index >= 15 is 0 Å². The highest BCUT2D eigenvalue weighted by Crippen LogP contribution is 2.51. The van der Waals surface area contributed by atoms with Crippen LogP contribution in [0.1, 0.15) is 23.5 Å². The molecule has 26 heavy (non-hydrogen) atoms. The van der Waals surface area contributed by atoms with Crippen LogP contribution in [0.15, 0.2) is 35.3 Å². The number of fused-ring (bicyclic) bond motifs is 1. The van der Waals surface area contributed by atoms with Crippen molar-refractivity contribution in [2.24, 2.45) is 11.8 Å². The van der Waals surface area contributed by atoms with Crippen molar-refractivity contribution in [2.75, 3.05) is 38.6 Å². The molecule has 2 aliphatic rings. The molecule has 0 amide bonds. The van der Waals surface area contributed by atoms with Crippen molar-refractivity contribution < 1.29 is 4.39 Å². The maximum absolute atomic E-state index is 13.1. The first-order valence-electron chi connectivity index (χ1n) is 9.24. The first-order chi connectivity index (χ1) is 12.5. The van der Waals surface area contributed by atoms with Gasteiger partial charge in [0.25, 0.3) is 5.56 Å². The van der Waals surface area contributed by atoms with Crippen LogP contribution in [-0.4, -0.2) is 48.6 Å². The van der Waals surface area contributed by atoms with Gasteiger partial charge in [0, 0.05) is 45.5 Å². The lowest BCUT2D eigenvalue weighted by molar-refractivity contribution is 0.191. The molecule has 1 saturated carbocycles. The van der Waals surface area contributed by atoms with E-state index in [1.807, 2.05) is 26.2 Å². The van der Waals surface area contributed by atoms with Gasteiger partial charge in [-0.3, -0.25) is 9.78 Å². The van der Waals surface area contributed by atoms with Gasteiger partial charge in [-0.1, -0.05) is 12.1 Å². The zero-order valence-electron chi connectivity index (χ0n) is 15.3. The summed E-state index contributed by atoms with van der Waals surface area (Å²) in [5, 5.41) is 0. The van der Waals surface area contributed by atoms with Crippen LogP contribution in [0.4, 0.5) is 10.3 Å². The number of aromatic amines is 1. The lowest BCUT2D eigenvalue weighted by Crippen LogP contribution is -2.33. The molecule has 1 aromatic heterocycles. The Balaban J connectivity index is 1.34. The predicted molar refractivity (Wildman–Crippen MR) is 100 cm³/mol. The first-order valence-corrected chi connectivity index (χ1v) is 9.24. The second kappa shape index (κ2) is 6.83. The Kier molecular flexibility index (Phi) is 4.53. The number of hydrogen-bond donors (Lipinski definition) is 1. The molecule has 1 aliphatic carbocycles. The highest BCUT2D eigenvalue weighted by molar-refractivity contribution is 5.27. The summed E-state index contributed by atoms with van der Waals surface area (Å²) in [6, 6.07) is 6.98. The maximum Gasteiger partial charge on any atom is 0.255 e. The zero-order chi connectivity index (χ0) is 18.3. The summed E-state index contributed by atoms with van der Waals surface area (Å²) < 4.78 is 13.1. The predicted octanol–water partition coefficient (Wildman–Crippen LogP) is 2.25. The summed E-state index contributed by atoms with van der Waals surface area (Å²) in [6.07, 6.45) is 3.60. The van der Waals surface area contributed by atoms with Crippen molar-refractivity contribution in [1.29, 1.82) is 0 Å². The molecule has 138 valence electrons. The summed E-state index contributed by atoms with van der Waals surface area (Å²) in [7, 11) is 3.71. The van der Waals surface area contributed by atoms with E-state index in [0.29, 0.717) is 17.8 Å². The molecule has 1 N–H and O–H groups in total. The monoisotopic (exact) mass is 356 g/mol. The number of hydrogen-bond acceptors (Lipinski definition) is 4. The number of aromatic nitrogens is 2. The molecule has 5 nitrogen and oxygen atoms in total. The molecule has 0 spiro atoms. The van der Waals surface area contributed by atoms with Crippen molar-refractivity contribution >= 4 is 5.95 Å². The van der Waals surface area contributed by atoms with Crippen molar-refractivity contribution in [3.05, 3.63) is 57.8 Å². The van der Waals surface area contributed by atoms with Crippen LogP contribution in [0.3, 0.4) is 0 Å². The lowest BCUT2D eigenvalue weighted by atomic mass is 9.64. The third kappa shape index (κ3) is 3.26. The average Bonchev–Trinajstić information content (AvgIpc) is 2.92. The van der Waals surface area contributed by atoms with Gasteiger partial charge in [0.05, 0.1) is 0 Å². The second-order valence-corrected chi connectivity index (χ2v) is 7.78. The molecule has 4 rings (SSSR count). The van der Waals surface area contributed by atoms with Gasteiger partial charge in [0.15, 0.2) is 0 Å². The summed E-state index contributed by atoms with van der Waals surface area (Å²) >= 11 is 0. The van der Waals surface area contributed by atoms with Gasteiger partial charge in [0.1, 0.15) is 5.82 Å². The number of anilines is 1. The summed E-state index contributed by atoms with van der Waals surface area (Å²) in [6.45, 7) is 3.05. The minimum absolute atomic E-state index is 0.0462. The lowest BCUT2D eigenvalue weighted by Gasteiger charge is -2.40. The Morgan fingerprint density at radius 1 is 1.27 bits per heavy atom. The van der Waals surface area contributed by atoms with Crippen molar-refractivity contribution in [3.8, 4) is 0 Å². The number of benzene rings is 1. The van der Waals surface area contributed by atoms with E-state index in [4.69, 9.17) is 0 Å². The molecule has 2 heterocycles. The normalized spacial score (nSPS) is 25.0. The Morgan fingerprint density at radius 3 is 2.73 bits per heavy atom. The van der Waals surface area contributed by atoms with E-state index in [1.165, 1.54) is 12.0 Å². The Hall–Kier alpha value is -2.21. The standard InChI is InChI=1S/C20H25FN4O/c1-24(2)20-22-10-14(19(26)23-20)7-8-25-11-15-9-17(18(15)12-25)13-3-5-16(21)6-4-13/h3-6,10,15,17-18H,7-9,11-12H2,1-2H3,(H,22,23,26). The smallest absolute Gasteiger partial charge is 0.255 e. The molecule has 2 fully saturated rings. The van der Waals surface area contributed by atoms with E-state index < -0.39 is 0 Å². The SMILES string of the molecule is CN(C)c1ncc(CCN2CC3CC(c4ccc(F)cc4)C3C2)c(=O)[nH]1. The van der Waals surface area contributed by atoms with Gasteiger partial charge >= 0.3 is 0 Å². The fraction of sp³-hybridized carbons (Fsp3) is 0.500. The molecule has 0 radical (unpaired) electrons. The van der Waals surface area contributed by atoms with Gasteiger partial charge in [0.2, 0.25) is 5.95 Å². The quantitative estimate of drug-likeness (QED) is 0.893. The third-order valence-corrected chi connectivity index (χ3v) is 5.92. The van der Waals surface area contributed by atoms with Gasteiger partial charge in [-0.25, -0.2) is 9.37 Å². The molecular weight excluding hydrogens is 331 g/mol. The number of rotatable bonds is 5. The van der Waals surface area contributed by atoms with E-state index in [1.54, 1.807) is 23.2 Å². The van der Waals surface area contributed by atoms with Crippen molar-refractivity contribution in [1.82, 2.24) is 14.9 Å². The van der Waals surface area contributed by atoms with Crippen molar-refractivity contribution in [3.63, 3.8) is 0 Å². The average molecular weight is 356 g/mol. The Morgan fingerprint density at radius 2 is 2.04 bits per heavy atom. The number of halogens is 1. The van der Waals surface area contributed by atoms with Crippen LogP contribution in [0.25, 0.3) is 0 Å². The first kappa shape index (κ1) is 17.2. The number of nitrogens with one attached hydrogen (secondary N) is 1. The third-order valence-electron chi connectivity index (χ3n) is 5.92. The largest absolute Gasteiger partial charge is 0.348 e. The van der Waals surface area contributed by atoms with E-state index in [0.717, 1.165) is 37.5 Å². The van der Waals surface area contributed by atoms with Gasteiger partial charge in [-0.05, 0) is 48.3 Å². The van der Waals surface area contributed by atoms with Crippen LogP contribution in [0.2, 0.25) is 0 Å². The molecule has 3 unspecified atom stereocenters. The summed E-state index contributed by atoms with van der Waals surface area (Å²) in [4.78, 5) is 23.6. The van der Waals surface area contributed by atoms with Crippen molar-refractivity contribution in [2.45, 2.75) is 18.8 Å². The zero-order valence-corrected chi connectivity index (χ0v) is 15.3. The minimum atomic E-state index is -0.170. The van der Waals surface area contributed by atoms with E-state index in [-0.39, 0.29) is 11.4 Å². The van der Waals surface area contributed by atoms with Gasteiger partial charge in [-0.2, -0.15) is 0 Å². The highest BCUT2D eigenvalue weighted by Gasteiger charge is 2.47. The summed E-state index contributed by atoms with van der Waals surface area (Å²) in [5.74, 6) is 2.36. The van der Waals surface area contributed by atoms with Crippen LogP contribution in [0.5, 0.6) is 0 Å². The van der Waals surface area contributed by atoms with Crippen LogP contribution < -0.4 is 10.5 Å².